The van der Waals surface area contributed by atoms with Crippen molar-refractivity contribution in [2.45, 2.75) is 84.1 Å². The third-order valence-electron chi connectivity index (χ3n) is 11.6. The molecular weight excluding hydrogens is 376 g/mol. The average molecular weight is 419 g/mol. The molecule has 0 spiro atoms. The van der Waals surface area contributed by atoms with Gasteiger partial charge in [-0.25, -0.2) is 0 Å². The second kappa shape index (κ2) is 7.44. The van der Waals surface area contributed by atoms with E-state index in [0.29, 0.717) is 10.8 Å². The number of hydrogen-bond acceptors (Lipinski definition) is 2. The number of allylic oxidation sites excluding steroid dienone is 1. The molecular formula is C29H42N2. The van der Waals surface area contributed by atoms with Gasteiger partial charge in [0.05, 0.1) is 0 Å². The third kappa shape index (κ3) is 3.03. The molecule has 1 N–H and O–H groups in total. The zero-order chi connectivity index (χ0) is 21.2. The number of aromatic nitrogens is 1. The smallest absolute Gasteiger partial charge is 0.0306 e. The first-order valence-corrected chi connectivity index (χ1v) is 13.3. The van der Waals surface area contributed by atoms with Gasteiger partial charge < -0.3 is 5.32 Å². The highest BCUT2D eigenvalue weighted by atomic mass is 14.9. The monoisotopic (exact) mass is 418 g/mol. The molecule has 31 heavy (non-hydrogen) atoms. The van der Waals surface area contributed by atoms with Gasteiger partial charge in [-0.2, -0.15) is 0 Å². The SMILES string of the molecule is CN[C@H]1CC[C@@]2(C)[C@@H](CC[C@@H]3[C@@H]2CC[C@]2(C)[C@@H](C4C=Cc5ccncc5C4)CC[C@@H]32)C1. The maximum Gasteiger partial charge on any atom is 0.0306 e. The van der Waals surface area contributed by atoms with Crippen molar-refractivity contribution in [2.24, 2.45) is 46.3 Å². The second-order valence-corrected chi connectivity index (χ2v) is 12.4. The van der Waals surface area contributed by atoms with Gasteiger partial charge in [0.2, 0.25) is 0 Å². The maximum atomic E-state index is 4.43. The predicted molar refractivity (Wildman–Crippen MR) is 129 cm³/mol. The van der Waals surface area contributed by atoms with Crippen molar-refractivity contribution in [3.8, 4) is 0 Å². The number of fused-ring (bicyclic) bond motifs is 6. The van der Waals surface area contributed by atoms with Crippen LogP contribution in [0.2, 0.25) is 0 Å². The summed E-state index contributed by atoms with van der Waals surface area (Å²) in [4.78, 5) is 4.43. The maximum absolute atomic E-state index is 4.43. The third-order valence-corrected chi connectivity index (χ3v) is 11.6. The molecule has 6 rings (SSSR count). The number of pyridine rings is 1. The molecule has 4 fully saturated rings. The Bertz CT molecular complexity index is 860. The lowest BCUT2D eigenvalue weighted by atomic mass is 9.44. The van der Waals surface area contributed by atoms with Crippen molar-refractivity contribution in [2.75, 3.05) is 7.05 Å². The van der Waals surface area contributed by atoms with E-state index in [-0.39, 0.29) is 0 Å². The van der Waals surface area contributed by atoms with Gasteiger partial charge in [0, 0.05) is 18.4 Å². The van der Waals surface area contributed by atoms with Crippen LogP contribution in [0.15, 0.2) is 24.5 Å². The molecule has 9 atom stereocenters. The molecule has 0 aliphatic heterocycles. The summed E-state index contributed by atoms with van der Waals surface area (Å²) < 4.78 is 0. The molecule has 1 heterocycles. The molecule has 0 radical (unpaired) electrons. The van der Waals surface area contributed by atoms with Gasteiger partial charge in [-0.3, -0.25) is 4.98 Å². The van der Waals surface area contributed by atoms with Crippen molar-refractivity contribution in [3.63, 3.8) is 0 Å². The predicted octanol–water partition coefficient (Wildman–Crippen LogP) is 6.51. The van der Waals surface area contributed by atoms with Crippen LogP contribution in [-0.2, 0) is 6.42 Å². The van der Waals surface area contributed by atoms with Crippen LogP contribution in [0.3, 0.4) is 0 Å². The summed E-state index contributed by atoms with van der Waals surface area (Å²) in [6.45, 7) is 5.42. The molecule has 168 valence electrons. The molecule has 1 unspecified atom stereocenters. The fraction of sp³-hybridized carbons (Fsp3) is 0.759. The highest BCUT2D eigenvalue weighted by Crippen LogP contribution is 2.68. The highest BCUT2D eigenvalue weighted by molar-refractivity contribution is 5.56. The van der Waals surface area contributed by atoms with Crippen LogP contribution in [0.1, 0.15) is 82.8 Å². The van der Waals surface area contributed by atoms with Crippen LogP contribution in [0.5, 0.6) is 0 Å². The Balaban J connectivity index is 1.23. The van der Waals surface area contributed by atoms with E-state index in [2.05, 4.69) is 55.6 Å². The minimum Gasteiger partial charge on any atom is -0.317 e. The van der Waals surface area contributed by atoms with Crippen molar-refractivity contribution >= 4 is 6.08 Å². The first kappa shape index (κ1) is 20.5. The Morgan fingerprint density at radius 2 is 1.74 bits per heavy atom. The van der Waals surface area contributed by atoms with Crippen LogP contribution in [0.4, 0.5) is 0 Å². The summed E-state index contributed by atoms with van der Waals surface area (Å²) in [5.74, 6) is 5.52. The molecule has 0 amide bonds. The van der Waals surface area contributed by atoms with Gasteiger partial charge in [-0.05, 0) is 135 Å². The lowest BCUT2D eigenvalue weighted by Gasteiger charge is -2.61. The normalized spacial score (nSPS) is 48.4. The summed E-state index contributed by atoms with van der Waals surface area (Å²) in [6.07, 6.45) is 23.5. The van der Waals surface area contributed by atoms with Gasteiger partial charge >= 0.3 is 0 Å². The van der Waals surface area contributed by atoms with E-state index in [1.54, 1.807) is 0 Å². The van der Waals surface area contributed by atoms with Crippen molar-refractivity contribution in [1.82, 2.24) is 10.3 Å². The lowest BCUT2D eigenvalue weighted by molar-refractivity contribution is -0.116. The summed E-state index contributed by atoms with van der Waals surface area (Å²) >= 11 is 0. The Morgan fingerprint density at radius 3 is 2.61 bits per heavy atom. The first-order chi connectivity index (χ1) is 15.0. The van der Waals surface area contributed by atoms with Crippen LogP contribution in [-0.4, -0.2) is 18.1 Å². The van der Waals surface area contributed by atoms with Crippen molar-refractivity contribution in [3.05, 3.63) is 35.7 Å². The zero-order valence-corrected chi connectivity index (χ0v) is 19.9. The van der Waals surface area contributed by atoms with E-state index in [1.165, 1.54) is 75.3 Å². The summed E-state index contributed by atoms with van der Waals surface area (Å²) in [5.41, 5.74) is 4.05. The quantitative estimate of drug-likeness (QED) is 0.592. The Hall–Kier alpha value is -1.15. The molecule has 5 aliphatic rings. The number of rotatable bonds is 2. The Morgan fingerprint density at radius 1 is 0.935 bits per heavy atom. The molecule has 1 aromatic rings. The van der Waals surface area contributed by atoms with E-state index in [9.17, 15) is 0 Å². The molecule has 2 nitrogen and oxygen atoms in total. The van der Waals surface area contributed by atoms with Gasteiger partial charge in [-0.1, -0.05) is 26.0 Å². The minimum atomic E-state index is 0.557. The molecule has 0 bridgehead atoms. The van der Waals surface area contributed by atoms with Gasteiger partial charge in [-0.15, -0.1) is 0 Å². The summed E-state index contributed by atoms with van der Waals surface area (Å²) in [6, 6.07) is 2.96. The molecule has 0 saturated heterocycles. The lowest BCUT2D eigenvalue weighted by Crippen LogP contribution is -2.55. The summed E-state index contributed by atoms with van der Waals surface area (Å²) in [5, 5.41) is 3.61. The van der Waals surface area contributed by atoms with Crippen molar-refractivity contribution in [1.29, 1.82) is 0 Å². The molecule has 1 aromatic heterocycles. The minimum absolute atomic E-state index is 0.557. The number of nitrogens with zero attached hydrogens (tertiary/aromatic N) is 1. The van der Waals surface area contributed by atoms with Crippen LogP contribution in [0.25, 0.3) is 6.08 Å². The fourth-order valence-electron chi connectivity index (χ4n) is 9.86. The standard InChI is InChI=1S/C29H42N2/c1-28-13-10-23(30-3)17-22(28)6-7-24-26-9-8-25(29(26,2)14-11-27(24)28)20-5-4-19-12-15-31-18-21(19)16-20/h4-5,12,15,18,20,22-27,30H,6-11,13-14,16-17H2,1-3H3/t20?,22-,23-,24-,25+,26-,27-,28-,29+/m0/s1. The fourth-order valence-corrected chi connectivity index (χ4v) is 9.86. The Labute approximate surface area is 189 Å². The first-order valence-electron chi connectivity index (χ1n) is 13.3. The average Bonchev–Trinajstić information content (AvgIpc) is 3.15. The molecule has 5 aliphatic carbocycles. The van der Waals surface area contributed by atoms with Gasteiger partial charge in [0.1, 0.15) is 0 Å². The van der Waals surface area contributed by atoms with Crippen LogP contribution >= 0.6 is 0 Å². The van der Waals surface area contributed by atoms with E-state index < -0.39 is 0 Å². The molecule has 4 saturated carbocycles. The van der Waals surface area contributed by atoms with E-state index in [1.807, 2.05) is 6.20 Å². The van der Waals surface area contributed by atoms with E-state index >= 15 is 0 Å². The summed E-state index contributed by atoms with van der Waals surface area (Å²) in [7, 11) is 2.18. The van der Waals surface area contributed by atoms with Gasteiger partial charge in [0.15, 0.2) is 0 Å². The molecule has 0 aromatic carbocycles. The topological polar surface area (TPSA) is 24.9 Å². The second-order valence-electron chi connectivity index (χ2n) is 12.4. The highest BCUT2D eigenvalue weighted by Gasteiger charge is 2.60. The van der Waals surface area contributed by atoms with Crippen molar-refractivity contribution < 1.29 is 0 Å². The van der Waals surface area contributed by atoms with Crippen LogP contribution in [0, 0.1) is 46.3 Å². The Kier molecular flexibility index (Phi) is 4.91. The van der Waals surface area contributed by atoms with Gasteiger partial charge in [0.25, 0.3) is 0 Å². The number of hydrogen-bond donors (Lipinski definition) is 1. The molecule has 2 heteroatoms. The zero-order valence-electron chi connectivity index (χ0n) is 19.9. The largest absolute Gasteiger partial charge is 0.317 e. The van der Waals surface area contributed by atoms with Crippen LogP contribution < -0.4 is 5.32 Å². The van der Waals surface area contributed by atoms with E-state index in [4.69, 9.17) is 0 Å². The van der Waals surface area contributed by atoms with E-state index in [0.717, 1.165) is 41.5 Å². The number of nitrogens with one attached hydrogen (secondary N) is 1.